The maximum atomic E-state index is 10.7. The first-order valence-corrected chi connectivity index (χ1v) is 4.29. The SMILES string of the molecule is O=C1CCC(=NN=C2CCC(=O)O2)O1. The van der Waals surface area contributed by atoms with Crippen LogP contribution >= 0.6 is 0 Å². The first-order chi connectivity index (χ1) is 6.74. The van der Waals surface area contributed by atoms with Crippen molar-refractivity contribution in [3.63, 3.8) is 0 Å². The summed E-state index contributed by atoms with van der Waals surface area (Å²) in [7, 11) is 0. The van der Waals surface area contributed by atoms with Gasteiger partial charge in [0.15, 0.2) is 0 Å². The molecule has 2 aliphatic heterocycles. The minimum Gasteiger partial charge on any atom is -0.410 e. The second-order valence-electron chi connectivity index (χ2n) is 2.94. The Bertz CT molecular complexity index is 311. The summed E-state index contributed by atoms with van der Waals surface area (Å²) in [6.45, 7) is 0. The number of esters is 2. The van der Waals surface area contributed by atoms with Crippen molar-refractivity contribution in [3.8, 4) is 0 Å². The van der Waals surface area contributed by atoms with Crippen molar-refractivity contribution in [1.29, 1.82) is 0 Å². The Morgan fingerprint density at radius 3 is 1.50 bits per heavy atom. The van der Waals surface area contributed by atoms with Crippen molar-refractivity contribution in [2.75, 3.05) is 0 Å². The van der Waals surface area contributed by atoms with Gasteiger partial charge in [0.1, 0.15) is 0 Å². The highest BCUT2D eigenvalue weighted by Gasteiger charge is 2.21. The third kappa shape index (κ3) is 1.95. The Morgan fingerprint density at radius 2 is 1.21 bits per heavy atom. The first kappa shape index (κ1) is 8.86. The predicted octanol–water partition coefficient (Wildman–Crippen LogP) is 0.372. The Labute approximate surface area is 79.6 Å². The van der Waals surface area contributed by atoms with Gasteiger partial charge in [-0.05, 0) is 0 Å². The largest absolute Gasteiger partial charge is 0.410 e. The summed E-state index contributed by atoms with van der Waals surface area (Å²) in [5, 5.41) is 7.35. The third-order valence-corrected chi connectivity index (χ3v) is 1.82. The van der Waals surface area contributed by atoms with E-state index >= 15 is 0 Å². The zero-order chi connectivity index (χ0) is 9.97. The Kier molecular flexibility index (Phi) is 2.26. The van der Waals surface area contributed by atoms with Gasteiger partial charge in [0.05, 0.1) is 12.8 Å². The molecule has 0 aromatic carbocycles. The van der Waals surface area contributed by atoms with Crippen LogP contribution in [-0.4, -0.2) is 23.7 Å². The Morgan fingerprint density at radius 1 is 0.786 bits per heavy atom. The minimum atomic E-state index is -0.299. The molecule has 0 aliphatic carbocycles. The van der Waals surface area contributed by atoms with Crippen LogP contribution in [0.2, 0.25) is 0 Å². The van der Waals surface area contributed by atoms with Crippen LogP contribution in [0.3, 0.4) is 0 Å². The number of rotatable bonds is 1. The van der Waals surface area contributed by atoms with Gasteiger partial charge in [0, 0.05) is 12.8 Å². The lowest BCUT2D eigenvalue weighted by molar-refractivity contribution is -0.134. The maximum absolute atomic E-state index is 10.7. The normalized spacial score (nSPS) is 27.1. The predicted molar refractivity (Wildman–Crippen MR) is 45.5 cm³/mol. The molecule has 0 saturated carbocycles. The van der Waals surface area contributed by atoms with Crippen molar-refractivity contribution in [3.05, 3.63) is 0 Å². The third-order valence-electron chi connectivity index (χ3n) is 1.82. The molecule has 6 heteroatoms. The molecule has 0 aromatic heterocycles. The van der Waals surface area contributed by atoms with Gasteiger partial charge in [-0.3, -0.25) is 9.59 Å². The summed E-state index contributed by atoms with van der Waals surface area (Å²) in [5.74, 6) is -0.0318. The number of cyclic esters (lactones) is 2. The molecule has 2 rings (SSSR count). The highest BCUT2D eigenvalue weighted by Crippen LogP contribution is 2.11. The lowest BCUT2D eigenvalue weighted by atomic mass is 10.4. The van der Waals surface area contributed by atoms with Crippen molar-refractivity contribution in [2.24, 2.45) is 10.2 Å². The second kappa shape index (κ2) is 3.57. The average molecular weight is 196 g/mol. The van der Waals surface area contributed by atoms with E-state index in [1.807, 2.05) is 0 Å². The minimum absolute atomic E-state index is 0.283. The van der Waals surface area contributed by atoms with Crippen molar-refractivity contribution < 1.29 is 19.1 Å². The fraction of sp³-hybridized carbons (Fsp3) is 0.500. The average Bonchev–Trinajstić information content (AvgIpc) is 2.72. The standard InChI is InChI=1S/C8H8N2O4/c11-7-3-1-5(13-7)9-10-6-2-4-8(12)14-6/h1-4H2. The Balaban J connectivity index is 1.98. The summed E-state index contributed by atoms with van der Waals surface area (Å²) in [6.07, 6.45) is 1.60. The summed E-state index contributed by atoms with van der Waals surface area (Å²) in [6, 6.07) is 0. The smallest absolute Gasteiger partial charge is 0.312 e. The molecule has 0 bridgehead atoms. The monoisotopic (exact) mass is 196 g/mol. The maximum Gasteiger partial charge on any atom is 0.312 e. The quantitative estimate of drug-likeness (QED) is 0.448. The molecule has 0 radical (unpaired) electrons. The second-order valence-corrected chi connectivity index (χ2v) is 2.94. The van der Waals surface area contributed by atoms with E-state index in [1.165, 1.54) is 0 Å². The number of carbonyl (C=O) groups excluding carboxylic acids is 2. The van der Waals surface area contributed by atoms with Crippen molar-refractivity contribution in [1.82, 2.24) is 0 Å². The number of carbonyl (C=O) groups is 2. The number of hydrogen-bond acceptors (Lipinski definition) is 6. The van der Waals surface area contributed by atoms with Gasteiger partial charge >= 0.3 is 11.9 Å². The summed E-state index contributed by atoms with van der Waals surface area (Å²) >= 11 is 0. The molecule has 2 fully saturated rings. The van der Waals surface area contributed by atoms with Gasteiger partial charge in [-0.1, -0.05) is 0 Å². The van der Waals surface area contributed by atoms with E-state index in [2.05, 4.69) is 10.2 Å². The van der Waals surface area contributed by atoms with Gasteiger partial charge in [-0.2, -0.15) is 0 Å². The van der Waals surface area contributed by atoms with Crippen LogP contribution in [0, 0.1) is 0 Å². The van der Waals surface area contributed by atoms with Crippen molar-refractivity contribution >= 4 is 23.7 Å². The molecule has 14 heavy (non-hydrogen) atoms. The topological polar surface area (TPSA) is 77.3 Å². The van der Waals surface area contributed by atoms with Crippen LogP contribution in [0.5, 0.6) is 0 Å². The molecular formula is C8H8N2O4. The van der Waals surface area contributed by atoms with E-state index in [4.69, 9.17) is 9.47 Å². The van der Waals surface area contributed by atoms with Crippen LogP contribution in [0.1, 0.15) is 25.7 Å². The summed E-state index contributed by atoms with van der Waals surface area (Å²) < 4.78 is 9.42. The summed E-state index contributed by atoms with van der Waals surface area (Å²) in [5.41, 5.74) is 0. The molecule has 6 nitrogen and oxygen atoms in total. The van der Waals surface area contributed by atoms with Gasteiger partial charge in [-0.25, -0.2) is 0 Å². The van der Waals surface area contributed by atoms with Crippen molar-refractivity contribution in [2.45, 2.75) is 25.7 Å². The molecule has 74 valence electrons. The summed E-state index contributed by atoms with van der Waals surface area (Å²) in [4.78, 5) is 21.3. The van der Waals surface area contributed by atoms with E-state index in [-0.39, 0.29) is 23.7 Å². The van der Waals surface area contributed by atoms with Gasteiger partial charge in [0.25, 0.3) is 0 Å². The van der Waals surface area contributed by atoms with E-state index in [9.17, 15) is 9.59 Å². The van der Waals surface area contributed by atoms with Crippen LogP contribution in [0.15, 0.2) is 10.2 Å². The fourth-order valence-corrected chi connectivity index (χ4v) is 1.14. The fourth-order valence-electron chi connectivity index (χ4n) is 1.14. The van der Waals surface area contributed by atoms with Crippen LogP contribution in [0.4, 0.5) is 0 Å². The lowest BCUT2D eigenvalue weighted by Gasteiger charge is -1.92. The highest BCUT2D eigenvalue weighted by molar-refractivity contribution is 5.98. The van der Waals surface area contributed by atoms with E-state index < -0.39 is 0 Å². The molecule has 2 saturated heterocycles. The number of ether oxygens (including phenoxy) is 2. The first-order valence-electron chi connectivity index (χ1n) is 4.29. The van der Waals surface area contributed by atoms with E-state index in [0.29, 0.717) is 25.7 Å². The molecule has 0 unspecified atom stereocenters. The lowest BCUT2D eigenvalue weighted by Crippen LogP contribution is -1.99. The zero-order valence-corrected chi connectivity index (χ0v) is 7.36. The van der Waals surface area contributed by atoms with Crippen LogP contribution in [0.25, 0.3) is 0 Å². The highest BCUT2D eigenvalue weighted by atomic mass is 16.6. The molecular weight excluding hydrogens is 188 g/mol. The molecule has 2 heterocycles. The molecule has 0 spiro atoms. The molecule has 0 N–H and O–H groups in total. The van der Waals surface area contributed by atoms with Gasteiger partial charge < -0.3 is 9.47 Å². The van der Waals surface area contributed by atoms with E-state index in [1.54, 1.807) is 0 Å². The number of nitrogens with zero attached hydrogens (tertiary/aromatic N) is 2. The van der Waals surface area contributed by atoms with E-state index in [0.717, 1.165) is 0 Å². The molecule has 0 aromatic rings. The number of hydrogen-bond donors (Lipinski definition) is 0. The molecule has 0 amide bonds. The Hall–Kier alpha value is -1.72. The molecule has 2 aliphatic rings. The van der Waals surface area contributed by atoms with Crippen LogP contribution in [-0.2, 0) is 19.1 Å². The van der Waals surface area contributed by atoms with Gasteiger partial charge in [-0.15, -0.1) is 10.2 Å². The van der Waals surface area contributed by atoms with Crippen LogP contribution < -0.4 is 0 Å². The molecule has 0 atom stereocenters. The van der Waals surface area contributed by atoms with Gasteiger partial charge in [0.2, 0.25) is 11.8 Å². The zero-order valence-electron chi connectivity index (χ0n) is 7.36.